The van der Waals surface area contributed by atoms with Crippen molar-refractivity contribution in [2.75, 3.05) is 13.2 Å². The second-order valence-electron chi connectivity index (χ2n) is 5.28. The van der Waals surface area contributed by atoms with E-state index in [0.29, 0.717) is 24.7 Å². The van der Waals surface area contributed by atoms with Crippen LogP contribution < -0.4 is 9.47 Å². The average molecular weight is 325 g/mol. The zero-order valence-electron chi connectivity index (χ0n) is 13.4. The summed E-state index contributed by atoms with van der Waals surface area (Å²) >= 11 is 0. The van der Waals surface area contributed by atoms with Crippen LogP contribution in [0.25, 0.3) is 11.3 Å². The lowest BCUT2D eigenvalue weighted by molar-refractivity contribution is 0.217. The first-order valence-electron chi connectivity index (χ1n) is 7.75. The number of rotatable bonds is 7. The summed E-state index contributed by atoms with van der Waals surface area (Å²) in [5.41, 5.74) is 2.30. The smallest absolute Gasteiger partial charge is 0.170 e. The van der Waals surface area contributed by atoms with Crippen LogP contribution in [0.1, 0.15) is 11.3 Å². The van der Waals surface area contributed by atoms with Crippen LogP contribution in [0.15, 0.2) is 59.1 Å². The van der Waals surface area contributed by atoms with E-state index in [2.05, 4.69) is 5.16 Å². The van der Waals surface area contributed by atoms with Gasteiger partial charge < -0.3 is 19.1 Å². The highest BCUT2D eigenvalue weighted by atomic mass is 16.5. The summed E-state index contributed by atoms with van der Waals surface area (Å²) in [7, 11) is 0. The summed E-state index contributed by atoms with van der Waals surface area (Å²) in [6.45, 7) is 2.69. The van der Waals surface area contributed by atoms with Gasteiger partial charge in [-0.05, 0) is 43.3 Å². The monoisotopic (exact) mass is 325 g/mol. The van der Waals surface area contributed by atoms with E-state index in [1.54, 1.807) is 0 Å². The van der Waals surface area contributed by atoms with Gasteiger partial charge in [-0.25, -0.2) is 0 Å². The lowest BCUT2D eigenvalue weighted by atomic mass is 10.1. The molecule has 0 saturated heterocycles. The van der Waals surface area contributed by atoms with Crippen molar-refractivity contribution in [3.8, 4) is 22.8 Å². The van der Waals surface area contributed by atoms with Gasteiger partial charge in [-0.15, -0.1) is 0 Å². The summed E-state index contributed by atoms with van der Waals surface area (Å²) < 4.78 is 16.5. The molecule has 2 aromatic carbocycles. The fourth-order valence-electron chi connectivity index (χ4n) is 2.32. The molecular weight excluding hydrogens is 306 g/mol. The molecule has 0 aliphatic carbocycles. The molecule has 0 amide bonds. The topological polar surface area (TPSA) is 64.7 Å². The molecule has 0 radical (unpaired) electrons. The van der Waals surface area contributed by atoms with Crippen LogP contribution in [0.2, 0.25) is 0 Å². The minimum Gasteiger partial charge on any atom is -0.490 e. The van der Waals surface area contributed by atoms with Gasteiger partial charge in [0.05, 0.1) is 6.61 Å². The highest BCUT2D eigenvalue weighted by Crippen LogP contribution is 2.27. The number of hydrogen-bond donors (Lipinski definition) is 1. The molecule has 5 heteroatoms. The van der Waals surface area contributed by atoms with Gasteiger partial charge in [0.25, 0.3) is 0 Å². The molecular formula is C19H19NO4. The number of para-hydroxylation sites is 1. The third-order valence-corrected chi connectivity index (χ3v) is 3.65. The molecule has 0 spiro atoms. The first-order valence-corrected chi connectivity index (χ1v) is 7.75. The van der Waals surface area contributed by atoms with E-state index in [4.69, 9.17) is 14.0 Å². The Kier molecular flexibility index (Phi) is 5.13. The van der Waals surface area contributed by atoms with Gasteiger partial charge in [0.15, 0.2) is 5.76 Å². The molecule has 124 valence electrons. The van der Waals surface area contributed by atoms with Crippen LogP contribution in [0.5, 0.6) is 11.5 Å². The van der Waals surface area contributed by atoms with Gasteiger partial charge in [-0.1, -0.05) is 23.4 Å². The number of nitrogens with zero attached hydrogens (tertiary/aromatic N) is 1. The van der Waals surface area contributed by atoms with Gasteiger partial charge in [0, 0.05) is 11.1 Å². The predicted octanol–water partition coefficient (Wildman–Crippen LogP) is 3.60. The van der Waals surface area contributed by atoms with Crippen LogP contribution >= 0.6 is 0 Å². The van der Waals surface area contributed by atoms with E-state index < -0.39 is 0 Å². The standard InChI is InChI=1S/C19H19NO4/c1-14-18(13-21)20-24-19(14)15-7-9-17(10-8-15)23-12-11-22-16-5-3-2-4-6-16/h2-10,21H,11-13H2,1H3. The SMILES string of the molecule is Cc1c(CO)noc1-c1ccc(OCCOc2ccccc2)cc1. The number of aliphatic hydroxyl groups excluding tert-OH is 1. The molecule has 3 rings (SSSR count). The van der Waals surface area contributed by atoms with Crippen molar-refractivity contribution in [3.63, 3.8) is 0 Å². The maximum absolute atomic E-state index is 9.17. The van der Waals surface area contributed by atoms with Crippen molar-refractivity contribution < 1.29 is 19.1 Å². The second-order valence-corrected chi connectivity index (χ2v) is 5.28. The van der Waals surface area contributed by atoms with Crippen LogP contribution in [-0.2, 0) is 6.61 Å². The molecule has 0 bridgehead atoms. The summed E-state index contributed by atoms with van der Waals surface area (Å²) in [4.78, 5) is 0. The number of aromatic nitrogens is 1. The molecule has 1 aromatic heterocycles. The van der Waals surface area contributed by atoms with Crippen molar-refractivity contribution >= 4 is 0 Å². The van der Waals surface area contributed by atoms with Crippen LogP contribution in [0, 0.1) is 6.92 Å². The Morgan fingerprint density at radius 1 is 0.917 bits per heavy atom. The number of benzene rings is 2. The largest absolute Gasteiger partial charge is 0.490 e. The Labute approximate surface area is 140 Å². The van der Waals surface area contributed by atoms with Gasteiger partial charge in [0.1, 0.15) is 30.4 Å². The quantitative estimate of drug-likeness (QED) is 0.672. The third-order valence-electron chi connectivity index (χ3n) is 3.65. The summed E-state index contributed by atoms with van der Waals surface area (Å²) in [6.07, 6.45) is 0. The number of ether oxygens (including phenoxy) is 2. The van der Waals surface area contributed by atoms with Crippen molar-refractivity contribution in [2.45, 2.75) is 13.5 Å². The van der Waals surface area contributed by atoms with Crippen molar-refractivity contribution in [2.24, 2.45) is 0 Å². The zero-order chi connectivity index (χ0) is 16.8. The van der Waals surface area contributed by atoms with Crippen LogP contribution in [-0.4, -0.2) is 23.5 Å². The Morgan fingerprint density at radius 2 is 1.54 bits per heavy atom. The molecule has 0 atom stereocenters. The Hall–Kier alpha value is -2.79. The van der Waals surface area contributed by atoms with Crippen molar-refractivity contribution in [1.29, 1.82) is 0 Å². The maximum Gasteiger partial charge on any atom is 0.170 e. The molecule has 5 nitrogen and oxygen atoms in total. The first kappa shape index (κ1) is 16.1. The van der Waals surface area contributed by atoms with Crippen LogP contribution in [0.3, 0.4) is 0 Å². The lowest BCUT2D eigenvalue weighted by Crippen LogP contribution is -2.08. The normalized spacial score (nSPS) is 10.6. The molecule has 24 heavy (non-hydrogen) atoms. The van der Waals surface area contributed by atoms with Gasteiger partial charge in [-0.3, -0.25) is 0 Å². The third kappa shape index (κ3) is 3.75. The summed E-state index contributed by atoms with van der Waals surface area (Å²) in [6, 6.07) is 17.2. The number of aliphatic hydroxyl groups is 1. The fourth-order valence-corrected chi connectivity index (χ4v) is 2.32. The van der Waals surface area contributed by atoms with Gasteiger partial charge >= 0.3 is 0 Å². The minimum atomic E-state index is -0.127. The van der Waals surface area contributed by atoms with E-state index in [1.807, 2.05) is 61.5 Å². The minimum absolute atomic E-state index is 0.127. The molecule has 0 fully saturated rings. The van der Waals surface area contributed by atoms with Gasteiger partial charge in [0.2, 0.25) is 0 Å². The van der Waals surface area contributed by atoms with E-state index in [9.17, 15) is 5.11 Å². The van der Waals surface area contributed by atoms with Gasteiger partial charge in [-0.2, -0.15) is 0 Å². The van der Waals surface area contributed by atoms with Crippen LogP contribution in [0.4, 0.5) is 0 Å². The molecule has 0 aliphatic heterocycles. The molecule has 1 N–H and O–H groups in total. The van der Waals surface area contributed by atoms with E-state index >= 15 is 0 Å². The maximum atomic E-state index is 9.17. The molecule has 0 unspecified atom stereocenters. The Bertz CT molecular complexity index is 766. The molecule has 3 aromatic rings. The van der Waals surface area contributed by atoms with Crippen molar-refractivity contribution in [3.05, 3.63) is 65.9 Å². The zero-order valence-corrected chi connectivity index (χ0v) is 13.4. The molecule has 0 saturated carbocycles. The Morgan fingerprint density at radius 3 is 2.12 bits per heavy atom. The average Bonchev–Trinajstić information content (AvgIpc) is 3.01. The van der Waals surface area contributed by atoms with E-state index in [1.165, 1.54) is 0 Å². The highest BCUT2D eigenvalue weighted by molar-refractivity contribution is 5.62. The molecule has 1 heterocycles. The Balaban J connectivity index is 1.54. The summed E-state index contributed by atoms with van der Waals surface area (Å²) in [5.74, 6) is 2.25. The number of hydrogen-bond acceptors (Lipinski definition) is 5. The van der Waals surface area contributed by atoms with E-state index in [-0.39, 0.29) is 6.61 Å². The lowest BCUT2D eigenvalue weighted by Gasteiger charge is -2.08. The fraction of sp³-hybridized carbons (Fsp3) is 0.211. The predicted molar refractivity (Wildman–Crippen MR) is 90.0 cm³/mol. The van der Waals surface area contributed by atoms with Crippen molar-refractivity contribution in [1.82, 2.24) is 5.16 Å². The first-order chi connectivity index (χ1) is 11.8. The van der Waals surface area contributed by atoms with E-state index in [0.717, 1.165) is 22.6 Å². The molecule has 0 aliphatic rings. The highest BCUT2D eigenvalue weighted by Gasteiger charge is 2.12. The summed E-state index contributed by atoms with van der Waals surface area (Å²) in [5, 5.41) is 13.0. The second kappa shape index (κ2) is 7.66.